The van der Waals surface area contributed by atoms with Gasteiger partial charge in [-0.2, -0.15) is 0 Å². The van der Waals surface area contributed by atoms with Gasteiger partial charge in [-0.1, -0.05) is 102 Å². The molecule has 0 spiro atoms. The van der Waals surface area contributed by atoms with E-state index in [0.717, 1.165) is 18.4 Å². The Hall–Kier alpha value is -1.44. The van der Waals surface area contributed by atoms with Crippen molar-refractivity contribution in [3.8, 4) is 5.75 Å². The molecular formula is C30H54NO7P. The van der Waals surface area contributed by atoms with Crippen molar-refractivity contribution in [1.29, 1.82) is 0 Å². The van der Waals surface area contributed by atoms with Crippen LogP contribution < -0.4 is 9.84 Å². The maximum atomic E-state index is 12.8. The summed E-state index contributed by atoms with van der Waals surface area (Å²) in [6, 6.07) is 7.53. The Labute approximate surface area is 237 Å². The summed E-state index contributed by atoms with van der Waals surface area (Å²) in [5, 5.41) is 11.6. The Morgan fingerprint density at radius 2 is 1.49 bits per heavy atom. The molecule has 3 unspecified atom stereocenters. The number of nitrogens with zero attached hydrogens (tertiary/aromatic N) is 1. The second-order valence-electron chi connectivity index (χ2n) is 11.4. The Morgan fingerprint density at radius 3 is 2.00 bits per heavy atom. The first-order valence-electron chi connectivity index (χ1n) is 14.8. The van der Waals surface area contributed by atoms with Gasteiger partial charge in [-0.3, -0.25) is 9.36 Å². The molecule has 0 aromatic heterocycles. The highest BCUT2D eigenvalue weighted by Crippen LogP contribution is 2.49. The van der Waals surface area contributed by atoms with Crippen LogP contribution in [0.4, 0.5) is 0 Å². The van der Waals surface area contributed by atoms with Gasteiger partial charge in [-0.15, -0.1) is 0 Å². The van der Waals surface area contributed by atoms with Crippen molar-refractivity contribution in [2.75, 3.05) is 41.0 Å². The van der Waals surface area contributed by atoms with Crippen molar-refractivity contribution in [2.45, 2.75) is 109 Å². The molecule has 3 atom stereocenters. The summed E-state index contributed by atoms with van der Waals surface area (Å²) in [4.78, 5) is 22.2. The van der Waals surface area contributed by atoms with E-state index in [2.05, 4.69) is 6.92 Å². The van der Waals surface area contributed by atoms with Gasteiger partial charge in [0.1, 0.15) is 11.9 Å². The Kier molecular flexibility index (Phi) is 17.9. The minimum atomic E-state index is -4.24. The third-order valence-corrected chi connectivity index (χ3v) is 8.99. The van der Waals surface area contributed by atoms with Crippen LogP contribution >= 0.6 is 7.60 Å². The van der Waals surface area contributed by atoms with Crippen molar-refractivity contribution >= 4 is 13.6 Å². The van der Waals surface area contributed by atoms with E-state index in [1.54, 1.807) is 21.1 Å². The average molecular weight is 572 g/mol. The number of carbonyl (C=O) groups excluding carboxylic acids is 1. The van der Waals surface area contributed by atoms with Gasteiger partial charge in [-0.05, 0) is 18.1 Å². The maximum Gasteiger partial charge on any atom is 0.383 e. The number of hydrogen-bond donors (Lipinski definition) is 1. The van der Waals surface area contributed by atoms with E-state index in [4.69, 9.17) is 14.0 Å². The number of ether oxygens (including phenoxy) is 2. The lowest BCUT2D eigenvalue weighted by molar-refractivity contribution is -0.889. The van der Waals surface area contributed by atoms with Gasteiger partial charge in [0, 0.05) is 13.3 Å². The highest BCUT2D eigenvalue weighted by atomic mass is 31.2. The predicted octanol–water partition coefficient (Wildman–Crippen LogP) is 5.84. The van der Waals surface area contributed by atoms with Crippen LogP contribution in [0, 0.1) is 0 Å². The first kappa shape index (κ1) is 35.6. The molecule has 226 valence electrons. The molecule has 0 aliphatic heterocycles. The van der Waals surface area contributed by atoms with Gasteiger partial charge in [0.15, 0.2) is 5.78 Å². The monoisotopic (exact) mass is 571 g/mol. The third kappa shape index (κ3) is 15.8. The van der Waals surface area contributed by atoms with Crippen molar-refractivity contribution in [3.63, 3.8) is 0 Å². The normalized spacial score (nSPS) is 14.9. The molecule has 0 heterocycles. The van der Waals surface area contributed by atoms with E-state index >= 15 is 0 Å². The smallest absolute Gasteiger partial charge is 0.383 e. The summed E-state index contributed by atoms with van der Waals surface area (Å²) >= 11 is 0. The molecule has 0 saturated carbocycles. The van der Waals surface area contributed by atoms with Crippen molar-refractivity contribution in [2.24, 2.45) is 0 Å². The van der Waals surface area contributed by atoms with Gasteiger partial charge in [0.25, 0.3) is 0 Å². The second-order valence-corrected chi connectivity index (χ2v) is 13.4. The first-order valence-corrected chi connectivity index (χ1v) is 16.4. The number of carbonyl (C=O) groups is 1. The molecule has 0 radical (unpaired) electrons. The number of para-hydroxylation sites is 1. The number of likely N-dealkylation sites (N-methyl/N-ethyl adjacent to an activating group) is 1. The Balaban J connectivity index is 2.50. The zero-order valence-electron chi connectivity index (χ0n) is 25.1. The van der Waals surface area contributed by atoms with Crippen LogP contribution in [-0.2, 0) is 25.0 Å². The molecule has 0 amide bonds. The number of hydrogen-bond acceptors (Lipinski definition) is 6. The molecule has 0 saturated heterocycles. The number of esters is 1. The Bertz CT molecular complexity index is 843. The molecule has 0 bridgehead atoms. The van der Waals surface area contributed by atoms with E-state index < -0.39 is 32.1 Å². The molecule has 1 rings (SSSR count). The van der Waals surface area contributed by atoms with Crippen molar-refractivity contribution in [3.05, 3.63) is 29.8 Å². The van der Waals surface area contributed by atoms with Crippen LogP contribution in [0.2, 0.25) is 0 Å². The molecule has 8 nitrogen and oxygen atoms in total. The molecule has 1 N–H and O–H groups in total. The second kappa shape index (κ2) is 19.6. The van der Waals surface area contributed by atoms with Crippen LogP contribution in [0.15, 0.2) is 24.3 Å². The minimum Gasteiger partial charge on any atom is -0.850 e. The number of quaternary nitrogens is 1. The lowest BCUT2D eigenvalue weighted by Gasteiger charge is -2.37. The zero-order valence-corrected chi connectivity index (χ0v) is 26.0. The van der Waals surface area contributed by atoms with Crippen LogP contribution in [0.1, 0.15) is 96.5 Å². The van der Waals surface area contributed by atoms with Gasteiger partial charge in [0.2, 0.25) is 0 Å². The van der Waals surface area contributed by atoms with Crippen LogP contribution in [0.3, 0.4) is 0 Å². The van der Waals surface area contributed by atoms with E-state index in [1.807, 2.05) is 24.3 Å². The molecule has 0 aliphatic carbocycles. The molecular weight excluding hydrogens is 517 g/mol. The fourth-order valence-corrected chi connectivity index (χ4v) is 6.20. The SMILES string of the molecule is CCCCCCCCCCCCCCOc1ccccc1CC(COP(=O)(O)C(C[O-])[N+](C)(C)C)OC(C)=O. The average Bonchev–Trinajstić information content (AvgIpc) is 2.85. The highest BCUT2D eigenvalue weighted by molar-refractivity contribution is 7.53. The summed E-state index contributed by atoms with van der Waals surface area (Å²) in [6.45, 7) is 3.09. The molecule has 39 heavy (non-hydrogen) atoms. The summed E-state index contributed by atoms with van der Waals surface area (Å²) in [5.74, 6) is -0.936. The summed E-state index contributed by atoms with van der Waals surface area (Å²) in [7, 11) is 0.762. The molecule has 9 heteroatoms. The maximum absolute atomic E-state index is 12.8. The first-order chi connectivity index (χ1) is 18.5. The predicted molar refractivity (Wildman–Crippen MR) is 155 cm³/mol. The largest absolute Gasteiger partial charge is 0.850 e. The van der Waals surface area contributed by atoms with Crippen LogP contribution in [0.5, 0.6) is 5.75 Å². The van der Waals surface area contributed by atoms with Crippen LogP contribution in [0.25, 0.3) is 0 Å². The fraction of sp³-hybridized carbons (Fsp3) is 0.767. The standard InChI is InChI=1S/C30H54NO7P/c1-6-7-8-9-10-11-12-13-14-15-16-19-22-36-29-21-18-17-20-27(29)23-28(38-26(2)33)25-37-39(34,35)30(24-32)31(3,4)5/h17-18,20-21,28,30H,6-16,19,22-25H2,1-5H3,(H,34,35). The van der Waals surface area contributed by atoms with Gasteiger partial charge >= 0.3 is 13.6 Å². The van der Waals surface area contributed by atoms with E-state index in [1.165, 1.54) is 71.1 Å². The molecule has 1 aromatic carbocycles. The van der Waals surface area contributed by atoms with E-state index in [-0.39, 0.29) is 17.5 Å². The van der Waals surface area contributed by atoms with Crippen LogP contribution in [-0.4, -0.2) is 68.2 Å². The summed E-state index contributed by atoms with van der Waals surface area (Å²) in [6.07, 6.45) is 14.8. The highest BCUT2D eigenvalue weighted by Gasteiger charge is 2.40. The summed E-state index contributed by atoms with van der Waals surface area (Å²) < 4.78 is 29.6. The zero-order chi connectivity index (χ0) is 29.2. The van der Waals surface area contributed by atoms with E-state index in [9.17, 15) is 19.4 Å². The number of rotatable bonds is 23. The van der Waals surface area contributed by atoms with Gasteiger partial charge < -0.3 is 28.5 Å². The van der Waals surface area contributed by atoms with E-state index in [0.29, 0.717) is 12.4 Å². The minimum absolute atomic E-state index is 0.00862. The molecule has 1 aromatic rings. The Morgan fingerprint density at radius 1 is 0.949 bits per heavy atom. The van der Waals surface area contributed by atoms with Gasteiger partial charge in [0.05, 0.1) is 34.4 Å². The fourth-order valence-electron chi connectivity index (χ4n) is 4.58. The lowest BCUT2D eigenvalue weighted by atomic mass is 10.1. The van der Waals surface area contributed by atoms with Gasteiger partial charge in [-0.25, -0.2) is 0 Å². The molecule has 0 fully saturated rings. The molecule has 0 aliphatic rings. The third-order valence-electron chi connectivity index (χ3n) is 6.87. The van der Waals surface area contributed by atoms with Crippen molar-refractivity contribution in [1.82, 2.24) is 0 Å². The number of unbranched alkanes of at least 4 members (excludes halogenated alkanes) is 11. The topological polar surface area (TPSA) is 105 Å². The van der Waals surface area contributed by atoms with Crippen molar-refractivity contribution < 1.29 is 37.8 Å². The lowest BCUT2D eigenvalue weighted by Crippen LogP contribution is -2.50. The quantitative estimate of drug-likeness (QED) is 0.0762. The number of benzene rings is 1. The summed E-state index contributed by atoms with van der Waals surface area (Å²) in [5.41, 5.74) is 0.825.